The number of fused-ring (bicyclic) bond motifs is 3. The highest BCUT2D eigenvalue weighted by molar-refractivity contribution is 7.99. The number of carboxylic acids is 1. The van der Waals surface area contributed by atoms with Crippen molar-refractivity contribution >= 4 is 39.3 Å². The van der Waals surface area contributed by atoms with Gasteiger partial charge in [-0.2, -0.15) is 0 Å². The highest BCUT2D eigenvalue weighted by atomic mass is 32.2. The van der Waals surface area contributed by atoms with Crippen LogP contribution in [0.25, 0.3) is 10.2 Å². The second-order valence-corrected chi connectivity index (χ2v) is 8.35. The van der Waals surface area contributed by atoms with Gasteiger partial charge in [-0.3, -0.25) is 9.36 Å². The maximum Gasteiger partial charge on any atom is 0.263 e. The lowest BCUT2D eigenvalue weighted by Gasteiger charge is -2.14. The van der Waals surface area contributed by atoms with E-state index in [4.69, 9.17) is 0 Å². The van der Waals surface area contributed by atoms with E-state index in [1.165, 1.54) is 4.88 Å². The van der Waals surface area contributed by atoms with E-state index < -0.39 is 5.97 Å². The van der Waals surface area contributed by atoms with Gasteiger partial charge in [-0.25, -0.2) is 4.98 Å². The van der Waals surface area contributed by atoms with Crippen LogP contribution in [0.15, 0.2) is 40.3 Å². The first-order valence-corrected chi connectivity index (χ1v) is 10.4. The van der Waals surface area contributed by atoms with Gasteiger partial charge in [0, 0.05) is 10.6 Å². The third kappa shape index (κ3) is 3.29. The van der Waals surface area contributed by atoms with E-state index in [1.807, 2.05) is 30.3 Å². The summed E-state index contributed by atoms with van der Waals surface area (Å²) < 4.78 is 1.60. The Kier molecular flexibility index (Phi) is 4.82. The lowest BCUT2D eigenvalue weighted by molar-refractivity contribution is -0.301. The Morgan fingerprint density at radius 1 is 1.23 bits per heavy atom. The van der Waals surface area contributed by atoms with Crippen LogP contribution in [0, 0.1) is 0 Å². The molecule has 0 radical (unpaired) electrons. The molecule has 1 aliphatic carbocycles. The summed E-state index contributed by atoms with van der Waals surface area (Å²) >= 11 is 2.62. The minimum absolute atomic E-state index is 0.0703. The zero-order valence-corrected chi connectivity index (χ0v) is 15.7. The molecule has 0 saturated carbocycles. The molecule has 2 aromatic heterocycles. The molecule has 1 aromatic carbocycles. The fraction of sp³-hybridized carbons (Fsp3) is 0.316. The Morgan fingerprint density at radius 2 is 2.00 bits per heavy atom. The van der Waals surface area contributed by atoms with E-state index in [0.29, 0.717) is 11.7 Å². The van der Waals surface area contributed by atoms with Crippen LogP contribution in [0.4, 0.5) is 0 Å². The molecule has 3 aromatic rings. The molecule has 0 spiro atoms. The number of aliphatic carboxylic acids is 1. The molecule has 7 heteroatoms. The molecule has 2 heterocycles. The highest BCUT2D eigenvalue weighted by Crippen LogP contribution is 2.34. The first kappa shape index (κ1) is 17.3. The summed E-state index contributed by atoms with van der Waals surface area (Å²) in [5.41, 5.74) is 2.06. The third-order valence-electron chi connectivity index (χ3n) is 4.54. The number of aryl methyl sites for hydroxylation is 2. The lowest BCUT2D eigenvalue weighted by atomic mass is 9.97. The molecule has 0 N–H and O–H groups in total. The van der Waals surface area contributed by atoms with Crippen LogP contribution in [-0.2, 0) is 24.2 Å². The minimum atomic E-state index is -1.17. The second-order valence-electron chi connectivity index (χ2n) is 6.32. The number of hydrogen-bond donors (Lipinski definition) is 0. The lowest BCUT2D eigenvalue weighted by Crippen LogP contribution is -2.27. The molecule has 134 valence electrons. The minimum Gasteiger partial charge on any atom is -0.549 e. The van der Waals surface area contributed by atoms with E-state index in [1.54, 1.807) is 15.9 Å². The molecule has 0 fully saturated rings. The summed E-state index contributed by atoms with van der Waals surface area (Å²) in [6, 6.07) is 9.67. The molecular formula is C19H17N2O3S2-. The summed E-state index contributed by atoms with van der Waals surface area (Å²) in [5.74, 6) is -1.39. The largest absolute Gasteiger partial charge is 0.549 e. The van der Waals surface area contributed by atoms with Crippen molar-refractivity contribution in [3.8, 4) is 0 Å². The van der Waals surface area contributed by atoms with Gasteiger partial charge in [0.15, 0.2) is 5.16 Å². The van der Waals surface area contributed by atoms with E-state index in [2.05, 4.69) is 4.98 Å². The Balaban J connectivity index is 1.87. The number of hydrogen-bond acceptors (Lipinski definition) is 6. The standard InChI is InChI=1S/C19H18N2O3S2/c22-15(23)11-25-19-20-17-16(13-8-4-5-9-14(13)26-17)18(24)21(19)10-12-6-2-1-3-7-12/h1-3,6-7H,4-5,8-11H2,(H,22,23)/p-1. The molecule has 4 rings (SSSR count). The molecule has 0 amide bonds. The fourth-order valence-corrected chi connectivity index (χ4v) is 5.37. The number of thiophene rings is 1. The molecular weight excluding hydrogens is 368 g/mol. The first-order valence-electron chi connectivity index (χ1n) is 8.55. The predicted molar refractivity (Wildman–Crippen MR) is 102 cm³/mol. The number of nitrogens with zero attached hydrogens (tertiary/aromatic N) is 2. The van der Waals surface area contributed by atoms with Gasteiger partial charge in [-0.15, -0.1) is 11.3 Å². The van der Waals surface area contributed by atoms with Crippen molar-refractivity contribution in [2.45, 2.75) is 37.4 Å². The van der Waals surface area contributed by atoms with Crippen LogP contribution >= 0.6 is 23.1 Å². The Hall–Kier alpha value is -2.12. The average Bonchev–Trinajstić information content (AvgIpc) is 3.02. The van der Waals surface area contributed by atoms with Crippen molar-refractivity contribution in [1.29, 1.82) is 0 Å². The fourth-order valence-electron chi connectivity index (χ4n) is 3.36. The van der Waals surface area contributed by atoms with Crippen molar-refractivity contribution in [3.63, 3.8) is 0 Å². The summed E-state index contributed by atoms with van der Waals surface area (Å²) in [4.78, 5) is 30.8. The van der Waals surface area contributed by atoms with Crippen LogP contribution in [0.1, 0.15) is 28.8 Å². The predicted octanol–water partition coefficient (Wildman–Crippen LogP) is 2.23. The summed E-state index contributed by atoms with van der Waals surface area (Å²) in [6.45, 7) is 0.378. The number of rotatable bonds is 5. The molecule has 5 nitrogen and oxygen atoms in total. The smallest absolute Gasteiger partial charge is 0.263 e. The van der Waals surface area contributed by atoms with Gasteiger partial charge in [0.2, 0.25) is 0 Å². The van der Waals surface area contributed by atoms with Gasteiger partial charge in [0.25, 0.3) is 5.56 Å². The molecule has 0 aliphatic heterocycles. The van der Waals surface area contributed by atoms with Gasteiger partial charge in [0.1, 0.15) is 4.83 Å². The Bertz CT molecular complexity index is 1020. The van der Waals surface area contributed by atoms with Crippen molar-refractivity contribution in [2.75, 3.05) is 5.75 Å². The third-order valence-corrected chi connectivity index (χ3v) is 6.68. The zero-order chi connectivity index (χ0) is 18.1. The number of benzene rings is 1. The van der Waals surface area contributed by atoms with Crippen molar-refractivity contribution < 1.29 is 9.90 Å². The monoisotopic (exact) mass is 385 g/mol. The maximum atomic E-state index is 13.3. The first-order chi connectivity index (χ1) is 12.6. The zero-order valence-electron chi connectivity index (χ0n) is 14.1. The van der Waals surface area contributed by atoms with Crippen LogP contribution in [0.2, 0.25) is 0 Å². The van der Waals surface area contributed by atoms with Crippen molar-refractivity contribution in [2.24, 2.45) is 0 Å². The quantitative estimate of drug-likeness (QED) is 0.497. The summed E-state index contributed by atoms with van der Waals surface area (Å²) in [5, 5.41) is 12.1. The van der Waals surface area contributed by atoms with Crippen molar-refractivity contribution in [3.05, 3.63) is 56.7 Å². The molecule has 0 atom stereocenters. The Morgan fingerprint density at radius 3 is 2.77 bits per heavy atom. The van der Waals surface area contributed by atoms with Crippen LogP contribution in [0.3, 0.4) is 0 Å². The van der Waals surface area contributed by atoms with Gasteiger partial charge < -0.3 is 9.90 Å². The van der Waals surface area contributed by atoms with Gasteiger partial charge >= 0.3 is 0 Å². The number of carbonyl (C=O) groups is 1. The number of thioether (sulfide) groups is 1. The van der Waals surface area contributed by atoms with Crippen LogP contribution in [0.5, 0.6) is 0 Å². The molecule has 0 unspecified atom stereocenters. The number of aromatic nitrogens is 2. The molecule has 26 heavy (non-hydrogen) atoms. The van der Waals surface area contributed by atoms with Gasteiger partial charge in [0.05, 0.1) is 17.9 Å². The van der Waals surface area contributed by atoms with E-state index in [-0.39, 0.29) is 11.3 Å². The summed E-state index contributed by atoms with van der Waals surface area (Å²) in [7, 11) is 0. The van der Waals surface area contributed by atoms with E-state index in [0.717, 1.165) is 58.8 Å². The van der Waals surface area contributed by atoms with Gasteiger partial charge in [-0.1, -0.05) is 42.1 Å². The number of carbonyl (C=O) groups excluding carboxylic acids is 1. The molecule has 0 bridgehead atoms. The average molecular weight is 385 g/mol. The molecule has 0 saturated heterocycles. The second kappa shape index (κ2) is 7.25. The highest BCUT2D eigenvalue weighted by Gasteiger charge is 2.22. The Labute approximate surface area is 158 Å². The van der Waals surface area contributed by atoms with Crippen molar-refractivity contribution in [1.82, 2.24) is 9.55 Å². The normalized spacial score (nSPS) is 13.7. The number of carboxylic acid groups (broad SMARTS) is 1. The SMILES string of the molecule is O=C([O-])CSc1nc2sc3c(c2c(=O)n1Cc1ccccc1)CCCC3. The summed E-state index contributed by atoms with van der Waals surface area (Å²) in [6.07, 6.45) is 4.15. The topological polar surface area (TPSA) is 75.0 Å². The van der Waals surface area contributed by atoms with E-state index >= 15 is 0 Å². The van der Waals surface area contributed by atoms with E-state index in [9.17, 15) is 14.7 Å². The maximum absolute atomic E-state index is 13.3. The van der Waals surface area contributed by atoms with Gasteiger partial charge in [-0.05, 0) is 36.8 Å². The molecule has 1 aliphatic rings. The van der Waals surface area contributed by atoms with Crippen LogP contribution < -0.4 is 10.7 Å². The van der Waals surface area contributed by atoms with Crippen LogP contribution in [-0.4, -0.2) is 21.3 Å².